The first-order chi connectivity index (χ1) is 9.86. The Morgan fingerprint density at radius 1 is 1.33 bits per heavy atom. The summed E-state index contributed by atoms with van der Waals surface area (Å²) in [4.78, 5) is 24.2. The number of sulfonamides is 1. The summed E-state index contributed by atoms with van der Waals surface area (Å²) >= 11 is 0. The highest BCUT2D eigenvalue weighted by atomic mass is 32.2. The highest BCUT2D eigenvalue weighted by Gasteiger charge is 2.23. The molecular weight excluding hydrogens is 298 g/mol. The van der Waals surface area contributed by atoms with Gasteiger partial charge in [0, 0.05) is 6.54 Å². The van der Waals surface area contributed by atoms with Crippen molar-refractivity contribution in [2.75, 3.05) is 19.7 Å². The molecule has 1 heterocycles. The van der Waals surface area contributed by atoms with Gasteiger partial charge >= 0.3 is 6.09 Å². The number of amides is 2. The number of rotatable bonds is 5. The number of nitrogens with two attached hydrogens (primary N) is 1. The van der Waals surface area contributed by atoms with Crippen LogP contribution in [-0.4, -0.2) is 45.0 Å². The van der Waals surface area contributed by atoms with Gasteiger partial charge in [0.05, 0.1) is 11.4 Å². The molecule has 1 saturated heterocycles. The second-order valence-electron chi connectivity index (χ2n) is 4.50. The average Bonchev–Trinajstić information content (AvgIpc) is 2.81. The van der Waals surface area contributed by atoms with Crippen LogP contribution in [0.4, 0.5) is 4.79 Å². The van der Waals surface area contributed by atoms with Crippen LogP contribution in [0.3, 0.4) is 0 Å². The number of nitrogens with one attached hydrogen (secondary N) is 1. The molecule has 9 heteroatoms. The maximum absolute atomic E-state index is 11.7. The second-order valence-corrected chi connectivity index (χ2v) is 6.06. The van der Waals surface area contributed by atoms with Gasteiger partial charge in [-0.1, -0.05) is 12.1 Å². The summed E-state index contributed by atoms with van der Waals surface area (Å²) in [5, 5.41) is 7.62. The molecule has 0 saturated carbocycles. The first-order valence-electron chi connectivity index (χ1n) is 6.16. The molecule has 1 aromatic rings. The third-order valence-corrected chi connectivity index (χ3v) is 3.85. The number of nitrogens with zero attached hydrogens (tertiary/aromatic N) is 1. The molecule has 0 aromatic heterocycles. The maximum Gasteiger partial charge on any atom is 0.410 e. The normalized spacial score (nSPS) is 14.9. The van der Waals surface area contributed by atoms with Crippen molar-refractivity contribution in [1.82, 2.24) is 10.2 Å². The summed E-state index contributed by atoms with van der Waals surface area (Å²) in [7, 11) is -3.72. The Morgan fingerprint density at radius 2 is 2.00 bits per heavy atom. The molecule has 2 amide bonds. The second kappa shape index (κ2) is 6.10. The van der Waals surface area contributed by atoms with E-state index in [2.05, 4.69) is 5.32 Å². The van der Waals surface area contributed by atoms with E-state index in [9.17, 15) is 18.0 Å². The molecule has 3 N–H and O–H groups in total. The van der Waals surface area contributed by atoms with Crippen molar-refractivity contribution in [1.29, 1.82) is 0 Å². The van der Waals surface area contributed by atoms with E-state index < -0.39 is 16.1 Å². The first kappa shape index (κ1) is 15.3. The van der Waals surface area contributed by atoms with Gasteiger partial charge in [0.1, 0.15) is 13.2 Å². The zero-order valence-electron chi connectivity index (χ0n) is 11.1. The van der Waals surface area contributed by atoms with Gasteiger partial charge < -0.3 is 10.1 Å². The lowest BCUT2D eigenvalue weighted by atomic mass is 10.2. The monoisotopic (exact) mass is 313 g/mol. The Morgan fingerprint density at radius 3 is 2.52 bits per heavy atom. The van der Waals surface area contributed by atoms with Gasteiger partial charge in [0.25, 0.3) is 0 Å². The van der Waals surface area contributed by atoms with Crippen LogP contribution >= 0.6 is 0 Å². The number of primary sulfonamides is 1. The maximum atomic E-state index is 11.7. The predicted molar refractivity (Wildman–Crippen MR) is 72.6 cm³/mol. The minimum absolute atomic E-state index is 0.0115. The molecule has 1 fully saturated rings. The van der Waals surface area contributed by atoms with Crippen LogP contribution in [0.25, 0.3) is 0 Å². The lowest BCUT2D eigenvalue weighted by molar-refractivity contribution is -0.121. The number of ether oxygens (including phenoxy) is 1. The highest BCUT2D eigenvalue weighted by Crippen LogP contribution is 2.08. The number of benzene rings is 1. The number of hydrogen-bond acceptors (Lipinski definition) is 5. The van der Waals surface area contributed by atoms with Gasteiger partial charge in [-0.3, -0.25) is 9.69 Å². The molecule has 0 bridgehead atoms. The predicted octanol–water partition coefficient (Wildman–Crippen LogP) is -0.598. The van der Waals surface area contributed by atoms with Gasteiger partial charge in [0.2, 0.25) is 15.9 Å². The van der Waals surface area contributed by atoms with Gasteiger partial charge in [-0.25, -0.2) is 18.4 Å². The fraction of sp³-hybridized carbons (Fsp3) is 0.333. The summed E-state index contributed by atoms with van der Waals surface area (Å²) in [6.45, 7) is 0.858. The lowest BCUT2D eigenvalue weighted by Crippen LogP contribution is -2.37. The summed E-state index contributed by atoms with van der Waals surface area (Å²) in [6, 6.07) is 5.86. The average molecular weight is 313 g/mol. The zero-order valence-corrected chi connectivity index (χ0v) is 11.9. The third kappa shape index (κ3) is 4.17. The Labute approximate surface area is 121 Å². The molecule has 114 valence electrons. The molecule has 0 unspecified atom stereocenters. The van der Waals surface area contributed by atoms with Crippen molar-refractivity contribution in [3.8, 4) is 0 Å². The lowest BCUT2D eigenvalue weighted by Gasteiger charge is -2.12. The number of cyclic esters (lactones) is 1. The smallest absolute Gasteiger partial charge is 0.410 e. The molecule has 0 aliphatic carbocycles. The largest absolute Gasteiger partial charge is 0.448 e. The van der Waals surface area contributed by atoms with Crippen LogP contribution in [0.2, 0.25) is 0 Å². The third-order valence-electron chi connectivity index (χ3n) is 2.92. The molecule has 2 rings (SSSR count). The van der Waals surface area contributed by atoms with Crippen molar-refractivity contribution in [3.63, 3.8) is 0 Å². The molecule has 8 nitrogen and oxygen atoms in total. The van der Waals surface area contributed by atoms with E-state index in [1.807, 2.05) is 0 Å². The minimum atomic E-state index is -3.72. The molecule has 1 aromatic carbocycles. The Bertz CT molecular complexity index is 641. The van der Waals surface area contributed by atoms with Crippen LogP contribution in [0, 0.1) is 0 Å². The quantitative estimate of drug-likeness (QED) is 0.752. The SMILES string of the molecule is NS(=O)(=O)c1ccc(CNC(=O)CN2CCOC2=O)cc1. The summed E-state index contributed by atoms with van der Waals surface area (Å²) in [5.41, 5.74) is 0.722. The van der Waals surface area contributed by atoms with E-state index in [4.69, 9.17) is 9.88 Å². The zero-order chi connectivity index (χ0) is 15.5. The first-order valence-corrected chi connectivity index (χ1v) is 7.71. The molecule has 1 aliphatic heterocycles. The van der Waals surface area contributed by atoms with Crippen LogP contribution in [0.1, 0.15) is 5.56 Å². The van der Waals surface area contributed by atoms with E-state index in [-0.39, 0.29) is 23.9 Å². The van der Waals surface area contributed by atoms with Crippen molar-refractivity contribution < 1.29 is 22.7 Å². The molecule has 1 aliphatic rings. The molecule has 0 spiro atoms. The Hall–Kier alpha value is -2.13. The van der Waals surface area contributed by atoms with Crippen molar-refractivity contribution in [3.05, 3.63) is 29.8 Å². The topological polar surface area (TPSA) is 119 Å². The van der Waals surface area contributed by atoms with Crippen LogP contribution in [0.5, 0.6) is 0 Å². The number of hydrogen-bond donors (Lipinski definition) is 2. The van der Waals surface area contributed by atoms with E-state index in [1.165, 1.54) is 17.0 Å². The highest BCUT2D eigenvalue weighted by molar-refractivity contribution is 7.89. The number of carbonyl (C=O) groups is 2. The van der Waals surface area contributed by atoms with Gasteiger partial charge in [-0.15, -0.1) is 0 Å². The summed E-state index contributed by atoms with van der Waals surface area (Å²) in [6.07, 6.45) is -0.498. The van der Waals surface area contributed by atoms with E-state index in [0.29, 0.717) is 13.2 Å². The minimum Gasteiger partial charge on any atom is -0.448 e. The van der Waals surface area contributed by atoms with Crippen LogP contribution < -0.4 is 10.5 Å². The van der Waals surface area contributed by atoms with E-state index in [0.717, 1.165) is 5.56 Å². The van der Waals surface area contributed by atoms with Crippen molar-refractivity contribution in [2.24, 2.45) is 5.14 Å². The molecule has 0 atom stereocenters. The van der Waals surface area contributed by atoms with Gasteiger partial charge in [-0.2, -0.15) is 0 Å². The van der Waals surface area contributed by atoms with Crippen molar-refractivity contribution in [2.45, 2.75) is 11.4 Å². The molecule has 0 radical (unpaired) electrons. The Kier molecular flexibility index (Phi) is 4.43. The van der Waals surface area contributed by atoms with Crippen LogP contribution in [0.15, 0.2) is 29.2 Å². The van der Waals surface area contributed by atoms with Gasteiger partial charge in [-0.05, 0) is 17.7 Å². The van der Waals surface area contributed by atoms with Gasteiger partial charge in [0.15, 0.2) is 0 Å². The van der Waals surface area contributed by atoms with E-state index in [1.54, 1.807) is 12.1 Å². The summed E-state index contributed by atoms with van der Waals surface area (Å²) in [5.74, 6) is -0.315. The van der Waals surface area contributed by atoms with Crippen molar-refractivity contribution >= 4 is 22.0 Å². The van der Waals surface area contributed by atoms with Crippen LogP contribution in [-0.2, 0) is 26.1 Å². The standard InChI is InChI=1S/C12H15N3O5S/c13-21(18,19)10-3-1-9(2-4-10)7-14-11(16)8-15-5-6-20-12(15)17/h1-4H,5-8H2,(H,14,16)(H2,13,18,19). The number of carbonyl (C=O) groups excluding carboxylic acids is 2. The summed E-state index contributed by atoms with van der Waals surface area (Å²) < 4.78 is 26.9. The molecular formula is C12H15N3O5S. The fourth-order valence-corrected chi connectivity index (χ4v) is 2.31. The molecule has 21 heavy (non-hydrogen) atoms. The Balaban J connectivity index is 1.85. The van der Waals surface area contributed by atoms with E-state index >= 15 is 0 Å². The fourth-order valence-electron chi connectivity index (χ4n) is 1.80.